The van der Waals surface area contributed by atoms with Gasteiger partial charge >= 0.3 is 5.88 Å². The molecule has 3 rings (SSSR count). The van der Waals surface area contributed by atoms with E-state index in [1.807, 2.05) is 60.7 Å². The van der Waals surface area contributed by atoms with E-state index in [1.165, 1.54) is 18.3 Å². The number of benzene rings is 2. The van der Waals surface area contributed by atoms with Crippen LogP contribution >= 0.6 is 0 Å². The van der Waals surface area contributed by atoms with Crippen molar-refractivity contribution in [1.29, 1.82) is 0 Å². The molecule has 3 aromatic rings. The molecule has 0 saturated heterocycles. The summed E-state index contributed by atoms with van der Waals surface area (Å²) in [6, 6.07) is 21.3. The second-order valence-electron chi connectivity index (χ2n) is 5.42. The molecular formula is C19H15N3O4. The third kappa shape index (κ3) is 4.02. The second kappa shape index (κ2) is 7.89. The van der Waals surface area contributed by atoms with Crippen LogP contribution in [0.1, 0.15) is 22.8 Å². The maximum absolute atomic E-state index is 12.7. The topological polar surface area (TPSA) is 97.7 Å². The number of furan rings is 1. The Bertz CT molecular complexity index is 881. The number of hydrogen-bond donors (Lipinski definition) is 1. The highest BCUT2D eigenvalue weighted by atomic mass is 16.6. The van der Waals surface area contributed by atoms with Gasteiger partial charge in [0.25, 0.3) is 5.91 Å². The molecule has 7 heteroatoms. The molecule has 0 aliphatic heterocycles. The molecular weight excluding hydrogens is 334 g/mol. The largest absolute Gasteiger partial charge is 0.433 e. The minimum atomic E-state index is -0.642. The number of hydrogen-bond acceptors (Lipinski definition) is 5. The van der Waals surface area contributed by atoms with Crippen molar-refractivity contribution in [2.45, 2.75) is 5.92 Å². The third-order valence-corrected chi connectivity index (χ3v) is 3.69. The van der Waals surface area contributed by atoms with Crippen LogP contribution in [0.3, 0.4) is 0 Å². The number of rotatable bonds is 6. The monoisotopic (exact) mass is 349 g/mol. The summed E-state index contributed by atoms with van der Waals surface area (Å²) in [4.78, 5) is 22.6. The fourth-order valence-electron chi connectivity index (χ4n) is 2.52. The molecule has 0 fully saturated rings. The Hall–Kier alpha value is -3.74. The predicted octanol–water partition coefficient (Wildman–Crippen LogP) is 3.47. The minimum Gasteiger partial charge on any atom is -0.400 e. The normalized spacial score (nSPS) is 11.0. The van der Waals surface area contributed by atoms with Crippen molar-refractivity contribution in [3.8, 4) is 0 Å². The van der Waals surface area contributed by atoms with E-state index in [4.69, 9.17) is 4.42 Å². The van der Waals surface area contributed by atoms with Gasteiger partial charge < -0.3 is 4.42 Å². The summed E-state index contributed by atoms with van der Waals surface area (Å²) in [5.41, 5.74) is 4.13. The van der Waals surface area contributed by atoms with Gasteiger partial charge in [0.15, 0.2) is 5.76 Å². The Morgan fingerprint density at radius 1 is 1.00 bits per heavy atom. The molecule has 0 bridgehead atoms. The molecule has 26 heavy (non-hydrogen) atoms. The smallest absolute Gasteiger partial charge is 0.400 e. The zero-order chi connectivity index (χ0) is 18.4. The molecule has 130 valence electrons. The summed E-state index contributed by atoms with van der Waals surface area (Å²) < 4.78 is 4.96. The van der Waals surface area contributed by atoms with E-state index in [-0.39, 0.29) is 17.6 Å². The van der Waals surface area contributed by atoms with Gasteiger partial charge in [-0.1, -0.05) is 60.7 Å². The van der Waals surface area contributed by atoms with Crippen LogP contribution in [0.4, 0.5) is 5.88 Å². The Morgan fingerprint density at radius 2 is 1.58 bits per heavy atom. The maximum Gasteiger partial charge on any atom is 0.433 e. The van der Waals surface area contributed by atoms with Gasteiger partial charge in [-0.15, -0.1) is 0 Å². The van der Waals surface area contributed by atoms with Crippen molar-refractivity contribution in [3.05, 3.63) is 99.8 Å². The minimum absolute atomic E-state index is 0.174. The Morgan fingerprint density at radius 3 is 2.08 bits per heavy atom. The van der Waals surface area contributed by atoms with Gasteiger partial charge in [0.2, 0.25) is 0 Å². The molecule has 2 aromatic carbocycles. The zero-order valence-electron chi connectivity index (χ0n) is 13.6. The number of nitrogens with one attached hydrogen (secondary N) is 1. The van der Waals surface area contributed by atoms with E-state index >= 15 is 0 Å². The van der Waals surface area contributed by atoms with E-state index in [0.29, 0.717) is 0 Å². The molecule has 7 nitrogen and oxygen atoms in total. The van der Waals surface area contributed by atoms with E-state index in [1.54, 1.807) is 0 Å². The highest BCUT2D eigenvalue weighted by Gasteiger charge is 2.22. The molecule has 0 aliphatic rings. The van der Waals surface area contributed by atoms with Crippen LogP contribution in [-0.2, 0) is 4.79 Å². The summed E-state index contributed by atoms with van der Waals surface area (Å²) in [7, 11) is 0. The zero-order valence-corrected chi connectivity index (χ0v) is 13.6. The van der Waals surface area contributed by atoms with Crippen LogP contribution in [0.15, 0.2) is 82.3 Å². The van der Waals surface area contributed by atoms with Crippen molar-refractivity contribution in [2.75, 3.05) is 0 Å². The average Bonchev–Trinajstić information content (AvgIpc) is 3.13. The number of nitro groups is 1. The van der Waals surface area contributed by atoms with Crippen LogP contribution in [0, 0.1) is 10.1 Å². The molecule has 0 saturated carbocycles. The Kier molecular flexibility index (Phi) is 5.19. The number of nitrogens with zero attached hydrogens (tertiary/aromatic N) is 2. The van der Waals surface area contributed by atoms with Gasteiger partial charge in [-0.05, 0) is 17.2 Å². The van der Waals surface area contributed by atoms with Crippen LogP contribution in [0.2, 0.25) is 0 Å². The molecule has 1 aromatic heterocycles. The lowest BCUT2D eigenvalue weighted by Gasteiger charge is -2.16. The molecule has 0 radical (unpaired) electrons. The van der Waals surface area contributed by atoms with Gasteiger partial charge in [-0.25, -0.2) is 5.43 Å². The van der Waals surface area contributed by atoms with Gasteiger partial charge in [0.05, 0.1) is 18.2 Å². The lowest BCUT2D eigenvalue weighted by molar-refractivity contribution is -0.402. The second-order valence-corrected chi connectivity index (χ2v) is 5.42. The quantitative estimate of drug-likeness (QED) is 0.418. The standard InChI is InChI=1S/C19H15N3O4/c23-19(21-20-13-16-11-12-17(26-16)22(24)25)18(14-7-3-1-4-8-14)15-9-5-2-6-10-15/h1-13,18H,(H,21,23)/b20-13+. The first kappa shape index (κ1) is 17.1. The number of carbonyl (C=O) groups is 1. The fourth-order valence-corrected chi connectivity index (χ4v) is 2.52. The first-order chi connectivity index (χ1) is 12.6. The average molecular weight is 349 g/mol. The molecule has 0 unspecified atom stereocenters. The third-order valence-electron chi connectivity index (χ3n) is 3.69. The number of amides is 1. The van der Waals surface area contributed by atoms with Crippen molar-refractivity contribution < 1.29 is 14.1 Å². The molecule has 1 amide bonds. The molecule has 0 aliphatic carbocycles. The van der Waals surface area contributed by atoms with Crippen LogP contribution in [0.25, 0.3) is 0 Å². The van der Waals surface area contributed by atoms with Crippen molar-refractivity contribution in [1.82, 2.24) is 5.43 Å². The van der Waals surface area contributed by atoms with Gasteiger partial charge in [-0.3, -0.25) is 14.9 Å². The lowest BCUT2D eigenvalue weighted by Crippen LogP contribution is -2.26. The highest BCUT2D eigenvalue weighted by Crippen LogP contribution is 2.24. The molecule has 0 atom stereocenters. The van der Waals surface area contributed by atoms with E-state index < -0.39 is 10.8 Å². The van der Waals surface area contributed by atoms with E-state index in [9.17, 15) is 14.9 Å². The first-order valence-corrected chi connectivity index (χ1v) is 7.82. The van der Waals surface area contributed by atoms with Crippen molar-refractivity contribution in [3.63, 3.8) is 0 Å². The van der Waals surface area contributed by atoms with E-state index in [2.05, 4.69) is 10.5 Å². The van der Waals surface area contributed by atoms with Gasteiger partial charge in [-0.2, -0.15) is 5.10 Å². The molecule has 0 spiro atoms. The maximum atomic E-state index is 12.7. The highest BCUT2D eigenvalue weighted by molar-refractivity contribution is 5.88. The van der Waals surface area contributed by atoms with Crippen LogP contribution in [0.5, 0.6) is 0 Å². The number of hydrazone groups is 1. The van der Waals surface area contributed by atoms with Crippen LogP contribution < -0.4 is 5.43 Å². The SMILES string of the molecule is O=C(N/N=C/c1ccc([N+](=O)[O-])o1)C(c1ccccc1)c1ccccc1. The van der Waals surface area contributed by atoms with Crippen molar-refractivity contribution >= 4 is 18.0 Å². The summed E-state index contributed by atoms with van der Waals surface area (Å²) in [5.74, 6) is -1.06. The Labute approximate surface area is 149 Å². The fraction of sp³-hybridized carbons (Fsp3) is 0.0526. The number of carbonyl (C=O) groups excluding carboxylic acids is 1. The van der Waals surface area contributed by atoms with E-state index in [0.717, 1.165) is 11.1 Å². The van der Waals surface area contributed by atoms with Gasteiger partial charge in [0, 0.05) is 0 Å². The van der Waals surface area contributed by atoms with Crippen molar-refractivity contribution in [2.24, 2.45) is 5.10 Å². The molecule has 1 N–H and O–H groups in total. The first-order valence-electron chi connectivity index (χ1n) is 7.82. The lowest BCUT2D eigenvalue weighted by atomic mass is 9.91. The summed E-state index contributed by atoms with van der Waals surface area (Å²) in [6.07, 6.45) is 1.22. The van der Waals surface area contributed by atoms with Crippen LogP contribution in [-0.4, -0.2) is 17.0 Å². The predicted molar refractivity (Wildman–Crippen MR) is 95.8 cm³/mol. The van der Waals surface area contributed by atoms with Gasteiger partial charge in [0.1, 0.15) is 4.92 Å². The Balaban J connectivity index is 1.77. The molecule has 1 heterocycles. The summed E-state index contributed by atoms with van der Waals surface area (Å²) in [6.45, 7) is 0. The summed E-state index contributed by atoms with van der Waals surface area (Å²) in [5, 5.41) is 14.4. The summed E-state index contributed by atoms with van der Waals surface area (Å²) >= 11 is 0.